The highest BCUT2D eigenvalue weighted by Gasteiger charge is 2.16. The molecule has 0 radical (unpaired) electrons. The van der Waals surface area contributed by atoms with E-state index >= 15 is 0 Å². The van der Waals surface area contributed by atoms with Crippen molar-refractivity contribution in [2.45, 2.75) is 44.6 Å². The Morgan fingerprint density at radius 2 is 2.08 bits per heavy atom. The molecule has 0 saturated heterocycles. The van der Waals surface area contributed by atoms with Crippen molar-refractivity contribution in [3.05, 3.63) is 12.0 Å². The first-order valence-electron chi connectivity index (χ1n) is 5.06. The first-order valence-corrected chi connectivity index (χ1v) is 5.06. The highest BCUT2D eigenvalue weighted by Crippen LogP contribution is 2.22. The Morgan fingerprint density at radius 3 is 2.75 bits per heavy atom. The lowest BCUT2D eigenvalue weighted by molar-refractivity contribution is 0.0737. The highest BCUT2D eigenvalue weighted by atomic mass is 16.5. The van der Waals surface area contributed by atoms with E-state index in [0.29, 0.717) is 6.10 Å². The summed E-state index contributed by atoms with van der Waals surface area (Å²) < 4.78 is 5.80. The molecule has 0 aromatic carbocycles. The lowest BCUT2D eigenvalue weighted by atomic mass is 9.98. The van der Waals surface area contributed by atoms with Crippen molar-refractivity contribution in [3.8, 4) is 0 Å². The van der Waals surface area contributed by atoms with Gasteiger partial charge in [0.15, 0.2) is 5.88 Å². The van der Waals surface area contributed by atoms with Crippen molar-refractivity contribution < 1.29 is 4.74 Å². The molecule has 68 valence electrons. The molecule has 1 heterocycles. The quantitative estimate of drug-likeness (QED) is 0.680. The molecule has 0 unspecified atom stereocenters. The molecule has 1 aliphatic carbocycles. The van der Waals surface area contributed by atoms with Gasteiger partial charge in [0.25, 0.3) is 0 Å². The van der Waals surface area contributed by atoms with Crippen LogP contribution in [0.15, 0.2) is 12.0 Å². The van der Waals surface area contributed by atoms with E-state index in [1.54, 1.807) is 0 Å². The first-order chi connectivity index (χ1) is 5.95. The van der Waals surface area contributed by atoms with Gasteiger partial charge in [0.2, 0.25) is 0 Å². The van der Waals surface area contributed by atoms with E-state index in [-0.39, 0.29) is 0 Å². The number of rotatable bonds is 2. The van der Waals surface area contributed by atoms with Crippen LogP contribution in [0.5, 0.6) is 0 Å². The van der Waals surface area contributed by atoms with Gasteiger partial charge in [-0.25, -0.2) is 0 Å². The van der Waals surface area contributed by atoms with Crippen molar-refractivity contribution in [3.63, 3.8) is 0 Å². The zero-order chi connectivity index (χ0) is 8.23. The summed E-state index contributed by atoms with van der Waals surface area (Å²) in [5.41, 5.74) is 0. The van der Waals surface area contributed by atoms with Gasteiger partial charge in [-0.1, -0.05) is 6.42 Å². The van der Waals surface area contributed by atoms with Gasteiger partial charge >= 0.3 is 0 Å². The molecule has 0 atom stereocenters. The van der Waals surface area contributed by atoms with Gasteiger partial charge in [0.05, 0.1) is 0 Å². The second-order valence-corrected chi connectivity index (χ2v) is 3.66. The minimum atomic E-state index is 0.496. The number of ether oxygens (including phenoxy) is 1. The predicted octanol–water partition coefficient (Wildman–Crippen LogP) is 2.17. The van der Waals surface area contributed by atoms with E-state index < -0.39 is 0 Å². The number of hydrogen-bond acceptors (Lipinski definition) is 2. The van der Waals surface area contributed by atoms with E-state index in [4.69, 9.17) is 4.74 Å². The molecule has 0 spiro atoms. The molecule has 2 aliphatic rings. The molecule has 2 heteroatoms. The normalized spacial score (nSPS) is 24.8. The fraction of sp³-hybridized carbons (Fsp3) is 0.800. The van der Waals surface area contributed by atoms with Crippen molar-refractivity contribution in [2.24, 2.45) is 0 Å². The summed E-state index contributed by atoms with van der Waals surface area (Å²) >= 11 is 0. The predicted molar refractivity (Wildman–Crippen MR) is 48.7 cm³/mol. The second kappa shape index (κ2) is 3.83. The molecule has 1 fully saturated rings. The maximum atomic E-state index is 5.80. The third-order valence-electron chi connectivity index (χ3n) is 2.62. The largest absolute Gasteiger partial charge is 0.476 e. The minimum Gasteiger partial charge on any atom is -0.476 e. The van der Waals surface area contributed by atoms with Crippen LogP contribution in [-0.4, -0.2) is 12.6 Å². The molecular weight excluding hydrogens is 150 g/mol. The number of nitrogens with one attached hydrogen (secondary N) is 1. The molecule has 0 bridgehead atoms. The van der Waals surface area contributed by atoms with Crippen molar-refractivity contribution in [1.29, 1.82) is 0 Å². The van der Waals surface area contributed by atoms with Gasteiger partial charge in [-0.05, 0) is 38.2 Å². The lowest BCUT2D eigenvalue weighted by Crippen LogP contribution is -2.20. The Hall–Kier alpha value is -0.660. The molecule has 12 heavy (non-hydrogen) atoms. The van der Waals surface area contributed by atoms with Crippen LogP contribution in [0.3, 0.4) is 0 Å². The van der Waals surface area contributed by atoms with Gasteiger partial charge in [0.1, 0.15) is 6.10 Å². The van der Waals surface area contributed by atoms with Crippen LogP contribution < -0.4 is 5.32 Å². The summed E-state index contributed by atoms with van der Waals surface area (Å²) in [4.78, 5) is 0. The van der Waals surface area contributed by atoms with Crippen LogP contribution in [0.25, 0.3) is 0 Å². The summed E-state index contributed by atoms with van der Waals surface area (Å²) in [6.07, 6.45) is 10.4. The van der Waals surface area contributed by atoms with Crippen molar-refractivity contribution in [1.82, 2.24) is 5.32 Å². The van der Waals surface area contributed by atoms with Crippen molar-refractivity contribution in [2.75, 3.05) is 6.54 Å². The Kier molecular flexibility index (Phi) is 2.54. The molecule has 1 aliphatic heterocycles. The lowest BCUT2D eigenvalue weighted by Gasteiger charge is -2.23. The average molecular weight is 167 g/mol. The fourth-order valence-electron chi connectivity index (χ4n) is 1.92. The van der Waals surface area contributed by atoms with Gasteiger partial charge in [-0.2, -0.15) is 0 Å². The van der Waals surface area contributed by atoms with E-state index in [9.17, 15) is 0 Å². The summed E-state index contributed by atoms with van der Waals surface area (Å²) in [5.74, 6) is 1.03. The van der Waals surface area contributed by atoms with Crippen LogP contribution >= 0.6 is 0 Å². The summed E-state index contributed by atoms with van der Waals surface area (Å²) in [6, 6.07) is 0. The average Bonchev–Trinajstić information content (AvgIpc) is 2.59. The van der Waals surface area contributed by atoms with Crippen LogP contribution in [-0.2, 0) is 4.74 Å². The topological polar surface area (TPSA) is 21.3 Å². The zero-order valence-corrected chi connectivity index (χ0v) is 7.51. The molecule has 0 amide bonds. The molecular formula is C10H17NO. The smallest absolute Gasteiger partial charge is 0.182 e. The third-order valence-corrected chi connectivity index (χ3v) is 2.62. The Balaban J connectivity index is 1.77. The third kappa shape index (κ3) is 1.93. The fourth-order valence-corrected chi connectivity index (χ4v) is 1.92. The van der Waals surface area contributed by atoms with Gasteiger partial charge < -0.3 is 10.1 Å². The van der Waals surface area contributed by atoms with Crippen LogP contribution in [0, 0.1) is 0 Å². The van der Waals surface area contributed by atoms with Gasteiger partial charge in [-0.3, -0.25) is 0 Å². The van der Waals surface area contributed by atoms with Crippen LogP contribution in [0.1, 0.15) is 38.5 Å². The van der Waals surface area contributed by atoms with E-state index in [0.717, 1.165) is 18.8 Å². The molecule has 0 aromatic rings. The monoisotopic (exact) mass is 167 g/mol. The Labute approximate surface area is 74.0 Å². The molecule has 1 N–H and O–H groups in total. The molecule has 2 rings (SSSR count). The van der Waals surface area contributed by atoms with E-state index in [1.165, 1.54) is 32.1 Å². The van der Waals surface area contributed by atoms with Gasteiger partial charge in [-0.15, -0.1) is 0 Å². The summed E-state index contributed by atoms with van der Waals surface area (Å²) in [5, 5.41) is 3.24. The highest BCUT2D eigenvalue weighted by molar-refractivity contribution is 4.98. The second-order valence-electron chi connectivity index (χ2n) is 3.66. The maximum absolute atomic E-state index is 5.80. The van der Waals surface area contributed by atoms with Crippen LogP contribution in [0.4, 0.5) is 0 Å². The SMILES string of the molecule is C1=C(OC2CCCCC2)NCC1. The number of hydrogen-bond donors (Lipinski definition) is 1. The van der Waals surface area contributed by atoms with E-state index in [1.807, 2.05) is 0 Å². The molecule has 0 aromatic heterocycles. The Bertz CT molecular complexity index is 171. The zero-order valence-electron chi connectivity index (χ0n) is 7.51. The summed E-state index contributed by atoms with van der Waals surface area (Å²) in [7, 11) is 0. The van der Waals surface area contributed by atoms with Gasteiger partial charge in [0, 0.05) is 6.54 Å². The molecule has 1 saturated carbocycles. The Morgan fingerprint density at radius 1 is 1.25 bits per heavy atom. The van der Waals surface area contributed by atoms with Crippen molar-refractivity contribution >= 4 is 0 Å². The molecule has 2 nitrogen and oxygen atoms in total. The van der Waals surface area contributed by atoms with E-state index in [2.05, 4.69) is 11.4 Å². The standard InChI is InChI=1S/C10H17NO/c1-2-5-9(6-3-1)12-10-7-4-8-11-10/h7,9,11H,1-6,8H2. The van der Waals surface area contributed by atoms with Crippen LogP contribution in [0.2, 0.25) is 0 Å². The maximum Gasteiger partial charge on any atom is 0.182 e. The minimum absolute atomic E-state index is 0.496. The first kappa shape index (κ1) is 7.96. The summed E-state index contributed by atoms with van der Waals surface area (Å²) in [6.45, 7) is 1.06.